The van der Waals surface area contributed by atoms with Gasteiger partial charge >= 0.3 is 5.69 Å². The quantitative estimate of drug-likeness (QED) is 0.303. The van der Waals surface area contributed by atoms with Crippen LogP contribution in [0.3, 0.4) is 0 Å². The molecule has 4 aromatic rings. The van der Waals surface area contributed by atoms with Crippen LogP contribution in [0.4, 0.5) is 5.69 Å². The van der Waals surface area contributed by atoms with E-state index in [0.717, 1.165) is 41.6 Å². The lowest BCUT2D eigenvalue weighted by molar-refractivity contribution is 0.102. The third-order valence-electron chi connectivity index (χ3n) is 7.39. The van der Waals surface area contributed by atoms with Gasteiger partial charge in [-0.1, -0.05) is 37.5 Å². The fourth-order valence-electron chi connectivity index (χ4n) is 5.38. The molecule has 0 bridgehead atoms. The van der Waals surface area contributed by atoms with E-state index in [2.05, 4.69) is 5.32 Å². The van der Waals surface area contributed by atoms with Crippen molar-refractivity contribution in [2.24, 2.45) is 0 Å². The predicted octanol–water partition coefficient (Wildman–Crippen LogP) is 5.51. The number of nitrogens with one attached hydrogen (secondary N) is 1. The summed E-state index contributed by atoms with van der Waals surface area (Å²) in [6.45, 7) is 4.19. The highest BCUT2D eigenvalue weighted by molar-refractivity contribution is 7.90. The van der Waals surface area contributed by atoms with E-state index in [-0.39, 0.29) is 27.8 Å². The van der Waals surface area contributed by atoms with Crippen molar-refractivity contribution in [1.82, 2.24) is 8.54 Å². The Balaban J connectivity index is 1.60. The zero-order chi connectivity index (χ0) is 28.4. The molecule has 0 saturated heterocycles. The smallest absolute Gasteiger partial charge is 0.343 e. The van der Waals surface area contributed by atoms with Gasteiger partial charge in [0, 0.05) is 23.4 Å². The van der Waals surface area contributed by atoms with Gasteiger partial charge in [-0.15, -0.1) is 0 Å². The van der Waals surface area contributed by atoms with Gasteiger partial charge in [0.05, 0.1) is 24.8 Å². The Morgan fingerprint density at radius 1 is 1.00 bits per heavy atom. The summed E-state index contributed by atoms with van der Waals surface area (Å²) in [6, 6.07) is 16.4. The molecule has 1 aromatic heterocycles. The molecule has 40 heavy (non-hydrogen) atoms. The number of carbonyl (C=O) groups is 1. The lowest BCUT2D eigenvalue weighted by Crippen LogP contribution is -2.32. The van der Waals surface area contributed by atoms with Crippen LogP contribution in [0, 0.1) is 6.92 Å². The van der Waals surface area contributed by atoms with E-state index >= 15 is 0 Å². The Labute approximate surface area is 233 Å². The van der Waals surface area contributed by atoms with E-state index in [1.807, 2.05) is 32.0 Å². The number of hydrogen-bond donors (Lipinski definition) is 1. The van der Waals surface area contributed by atoms with Crippen molar-refractivity contribution in [3.63, 3.8) is 0 Å². The van der Waals surface area contributed by atoms with Gasteiger partial charge in [-0.05, 0) is 68.7 Å². The maximum atomic E-state index is 14.1. The molecule has 1 aliphatic rings. The number of hydrogen-bond acceptors (Lipinski definition) is 6. The first kappa shape index (κ1) is 27.5. The molecule has 1 saturated carbocycles. The molecule has 1 heterocycles. The molecule has 210 valence electrons. The van der Waals surface area contributed by atoms with Crippen molar-refractivity contribution in [3.05, 3.63) is 82.3 Å². The average molecular weight is 564 g/mol. The van der Waals surface area contributed by atoms with Crippen LogP contribution in [0.15, 0.2) is 70.4 Å². The average Bonchev–Trinajstić information content (AvgIpc) is 3.26. The third-order valence-corrected chi connectivity index (χ3v) is 9.12. The van der Waals surface area contributed by atoms with E-state index in [1.54, 1.807) is 28.8 Å². The van der Waals surface area contributed by atoms with Gasteiger partial charge in [0.2, 0.25) is 0 Å². The molecule has 1 N–H and O–H groups in total. The van der Waals surface area contributed by atoms with Crippen LogP contribution in [-0.4, -0.2) is 36.6 Å². The van der Waals surface area contributed by atoms with Gasteiger partial charge in [0.25, 0.3) is 15.9 Å². The van der Waals surface area contributed by atoms with Crippen LogP contribution in [0.5, 0.6) is 11.5 Å². The van der Waals surface area contributed by atoms with Crippen LogP contribution in [0.2, 0.25) is 0 Å². The van der Waals surface area contributed by atoms with Gasteiger partial charge in [0.1, 0.15) is 16.4 Å². The van der Waals surface area contributed by atoms with E-state index in [0.29, 0.717) is 23.6 Å². The number of methoxy groups -OCH3 is 1. The number of rotatable bonds is 8. The first-order valence-electron chi connectivity index (χ1n) is 13.5. The van der Waals surface area contributed by atoms with Crippen LogP contribution >= 0.6 is 0 Å². The van der Waals surface area contributed by atoms with Gasteiger partial charge in [-0.25, -0.2) is 13.2 Å². The molecule has 0 radical (unpaired) electrons. The van der Waals surface area contributed by atoms with Gasteiger partial charge in [-0.3, -0.25) is 9.36 Å². The van der Waals surface area contributed by atoms with E-state index in [9.17, 15) is 18.0 Å². The van der Waals surface area contributed by atoms with Crippen molar-refractivity contribution in [3.8, 4) is 11.5 Å². The Kier molecular flexibility index (Phi) is 7.71. The highest BCUT2D eigenvalue weighted by Gasteiger charge is 2.31. The van der Waals surface area contributed by atoms with Crippen LogP contribution < -0.4 is 20.5 Å². The van der Waals surface area contributed by atoms with Crippen LogP contribution in [0.25, 0.3) is 11.0 Å². The topological polar surface area (TPSA) is 109 Å². The minimum atomic E-state index is -4.40. The Bertz CT molecular complexity index is 1730. The number of nitrogens with zero attached hydrogens (tertiary/aromatic N) is 2. The summed E-state index contributed by atoms with van der Waals surface area (Å²) in [5, 5.41) is 2.84. The zero-order valence-electron chi connectivity index (χ0n) is 22.8. The molecule has 1 fully saturated rings. The summed E-state index contributed by atoms with van der Waals surface area (Å²) in [5.74, 6) is 0.121. The molecule has 1 aliphatic carbocycles. The molecule has 10 heteroatoms. The van der Waals surface area contributed by atoms with Crippen molar-refractivity contribution < 1.29 is 22.7 Å². The molecule has 3 aromatic carbocycles. The fraction of sp³-hybridized carbons (Fsp3) is 0.333. The Morgan fingerprint density at radius 3 is 2.45 bits per heavy atom. The van der Waals surface area contributed by atoms with Crippen molar-refractivity contribution >= 4 is 32.7 Å². The number of aryl methyl sites for hydroxylation is 1. The summed E-state index contributed by atoms with van der Waals surface area (Å²) in [5.41, 5.74) is 1.92. The highest BCUT2D eigenvalue weighted by Crippen LogP contribution is 2.34. The van der Waals surface area contributed by atoms with Gasteiger partial charge < -0.3 is 14.8 Å². The maximum absolute atomic E-state index is 14.1. The number of fused-ring (bicyclic) bond motifs is 1. The third kappa shape index (κ3) is 4.99. The highest BCUT2D eigenvalue weighted by atomic mass is 32.2. The standard InChI is InChI=1S/C30H33N3O6S/c1-4-39-23-15-16-25-26(19-23)32(22-11-6-5-7-12-22)30(35)33(25)40(36,37)28-17-14-21(18-27(28)38-3)29(34)31-24-13-9-8-10-20(24)2/h8-10,13-19,22H,4-7,11-12H2,1-3H3,(H,31,34). The summed E-state index contributed by atoms with van der Waals surface area (Å²) < 4.78 is 41.8. The van der Waals surface area contributed by atoms with Gasteiger partial charge in [0.15, 0.2) is 0 Å². The molecule has 0 aliphatic heterocycles. The zero-order valence-corrected chi connectivity index (χ0v) is 23.7. The number of amides is 1. The first-order chi connectivity index (χ1) is 19.3. The number of carbonyl (C=O) groups excluding carboxylic acids is 1. The summed E-state index contributed by atoms with van der Waals surface area (Å²) in [4.78, 5) is 26.7. The monoisotopic (exact) mass is 563 g/mol. The number of ether oxygens (including phenoxy) is 2. The first-order valence-corrected chi connectivity index (χ1v) is 14.9. The number of anilines is 1. The minimum Gasteiger partial charge on any atom is -0.495 e. The molecule has 1 amide bonds. The summed E-state index contributed by atoms with van der Waals surface area (Å²) in [6.07, 6.45) is 4.63. The normalized spacial score (nSPS) is 14.3. The lowest BCUT2D eigenvalue weighted by Gasteiger charge is -2.23. The van der Waals surface area contributed by atoms with E-state index in [1.165, 1.54) is 25.3 Å². The van der Waals surface area contributed by atoms with Crippen molar-refractivity contribution in [2.45, 2.75) is 56.9 Å². The van der Waals surface area contributed by atoms with Crippen molar-refractivity contribution in [2.75, 3.05) is 19.0 Å². The minimum absolute atomic E-state index is 0.0335. The molecular formula is C30H33N3O6S. The second kappa shape index (κ2) is 11.2. The fourth-order valence-corrected chi connectivity index (χ4v) is 6.92. The second-order valence-corrected chi connectivity index (χ2v) is 11.7. The summed E-state index contributed by atoms with van der Waals surface area (Å²) >= 11 is 0. The Hall–Kier alpha value is -4.05. The van der Waals surface area contributed by atoms with Crippen LogP contribution in [-0.2, 0) is 10.0 Å². The molecule has 0 spiro atoms. The molecular weight excluding hydrogens is 530 g/mol. The summed E-state index contributed by atoms with van der Waals surface area (Å²) in [7, 11) is -3.07. The second-order valence-electron chi connectivity index (χ2n) is 9.93. The van der Waals surface area contributed by atoms with E-state index < -0.39 is 21.6 Å². The molecule has 0 atom stereocenters. The lowest BCUT2D eigenvalue weighted by atomic mass is 9.95. The maximum Gasteiger partial charge on any atom is 0.343 e. The van der Waals surface area contributed by atoms with E-state index in [4.69, 9.17) is 9.47 Å². The van der Waals surface area contributed by atoms with Crippen LogP contribution in [0.1, 0.15) is 61.0 Å². The number of benzene rings is 3. The molecule has 9 nitrogen and oxygen atoms in total. The predicted molar refractivity (Wildman–Crippen MR) is 154 cm³/mol. The van der Waals surface area contributed by atoms with Crippen molar-refractivity contribution in [1.29, 1.82) is 0 Å². The number of aromatic nitrogens is 2. The number of para-hydroxylation sites is 1. The Morgan fingerprint density at radius 2 is 1.75 bits per heavy atom. The van der Waals surface area contributed by atoms with Gasteiger partial charge in [-0.2, -0.15) is 3.97 Å². The SMILES string of the molecule is CCOc1ccc2c(c1)n(C1CCCCC1)c(=O)n2S(=O)(=O)c1ccc(C(=O)Nc2ccccc2C)cc1OC. The largest absolute Gasteiger partial charge is 0.495 e. The molecule has 5 rings (SSSR count). The molecule has 0 unspecified atom stereocenters. The number of imidazole rings is 1.